The van der Waals surface area contributed by atoms with E-state index in [9.17, 15) is 0 Å². The minimum absolute atomic E-state index is 0.645. The zero-order chi connectivity index (χ0) is 16.6. The summed E-state index contributed by atoms with van der Waals surface area (Å²) in [5.74, 6) is 0.645. The Morgan fingerprint density at radius 2 is 1.56 bits per heavy atom. The van der Waals surface area contributed by atoms with E-state index in [0.717, 1.165) is 12.8 Å². The standard InChI is InChI=1S/C25H22/c1-2-6-18(7-3-1)16-19-10-11-21-13-14-23-22-9-5-4-8-20(22)12-15-24(23)25(21)17-19/h1-9,13-15,17,19H,10-12,16H2. The molecular weight excluding hydrogens is 300 g/mol. The van der Waals surface area contributed by atoms with Gasteiger partial charge in [0.15, 0.2) is 0 Å². The van der Waals surface area contributed by atoms with Crippen LogP contribution in [0.1, 0.15) is 23.1 Å². The van der Waals surface area contributed by atoms with Gasteiger partial charge in [0.1, 0.15) is 0 Å². The van der Waals surface area contributed by atoms with Gasteiger partial charge in [-0.2, -0.15) is 0 Å². The fraction of sp³-hybridized carbons (Fsp3) is 0.200. The van der Waals surface area contributed by atoms with Crippen LogP contribution < -0.4 is 10.4 Å². The molecule has 0 radical (unpaired) electrons. The lowest BCUT2D eigenvalue weighted by molar-refractivity contribution is 0.601. The van der Waals surface area contributed by atoms with Gasteiger partial charge in [0.05, 0.1) is 0 Å². The van der Waals surface area contributed by atoms with Crippen LogP contribution in [0.4, 0.5) is 0 Å². The molecule has 1 unspecified atom stereocenters. The topological polar surface area (TPSA) is 0 Å². The molecule has 5 rings (SSSR count). The van der Waals surface area contributed by atoms with Crippen LogP contribution in [0.3, 0.4) is 0 Å². The zero-order valence-electron chi connectivity index (χ0n) is 14.4. The largest absolute Gasteiger partial charge is 0.0729 e. The maximum Gasteiger partial charge on any atom is -0.00819 e. The van der Waals surface area contributed by atoms with Crippen LogP contribution >= 0.6 is 0 Å². The molecule has 0 aromatic heterocycles. The molecule has 0 heterocycles. The Labute approximate surface area is 149 Å². The molecule has 2 aliphatic rings. The summed E-state index contributed by atoms with van der Waals surface area (Å²) in [7, 11) is 0. The maximum atomic E-state index is 2.55. The predicted molar refractivity (Wildman–Crippen MR) is 106 cm³/mol. The van der Waals surface area contributed by atoms with Crippen molar-refractivity contribution in [2.75, 3.05) is 0 Å². The molecule has 0 nitrogen and oxygen atoms in total. The molecule has 1 atom stereocenters. The first-order chi connectivity index (χ1) is 12.4. The number of hydrogen-bond acceptors (Lipinski definition) is 0. The van der Waals surface area contributed by atoms with E-state index in [1.54, 1.807) is 0 Å². The first-order valence-corrected chi connectivity index (χ1v) is 9.34. The normalized spacial score (nSPS) is 17.5. The van der Waals surface area contributed by atoms with E-state index in [-0.39, 0.29) is 0 Å². The Morgan fingerprint density at radius 3 is 2.48 bits per heavy atom. The maximum absolute atomic E-state index is 2.55. The number of benzene rings is 3. The van der Waals surface area contributed by atoms with Crippen molar-refractivity contribution in [2.45, 2.75) is 25.7 Å². The lowest BCUT2D eigenvalue weighted by atomic mass is 9.83. The summed E-state index contributed by atoms with van der Waals surface area (Å²) in [6.07, 6.45) is 9.66. The SMILES string of the molecule is C1=c2c(ccc3c2=CCc2ccccc2-3)CCC1Cc1ccccc1. The molecule has 0 heteroatoms. The average Bonchev–Trinajstić information content (AvgIpc) is 2.68. The van der Waals surface area contributed by atoms with Crippen molar-refractivity contribution in [2.24, 2.45) is 5.92 Å². The first-order valence-electron chi connectivity index (χ1n) is 9.34. The van der Waals surface area contributed by atoms with Crippen LogP contribution in [0.15, 0.2) is 66.7 Å². The predicted octanol–water partition coefficient (Wildman–Crippen LogP) is 4.28. The van der Waals surface area contributed by atoms with Gasteiger partial charge in [-0.25, -0.2) is 0 Å². The van der Waals surface area contributed by atoms with Gasteiger partial charge in [-0.15, -0.1) is 0 Å². The van der Waals surface area contributed by atoms with E-state index in [1.807, 2.05) is 0 Å². The van der Waals surface area contributed by atoms with Crippen molar-refractivity contribution in [3.05, 3.63) is 93.9 Å². The lowest BCUT2D eigenvalue weighted by Crippen LogP contribution is -2.36. The highest BCUT2D eigenvalue weighted by molar-refractivity contribution is 5.74. The average molecular weight is 322 g/mol. The molecule has 0 saturated carbocycles. The summed E-state index contributed by atoms with van der Waals surface area (Å²) < 4.78 is 0. The van der Waals surface area contributed by atoms with Crippen LogP contribution in [0.2, 0.25) is 0 Å². The molecule has 0 saturated heterocycles. The second-order valence-corrected chi connectivity index (χ2v) is 7.32. The number of aryl methyl sites for hydroxylation is 1. The Bertz CT molecular complexity index is 1040. The van der Waals surface area contributed by atoms with E-state index >= 15 is 0 Å². The van der Waals surface area contributed by atoms with Gasteiger partial charge in [-0.3, -0.25) is 0 Å². The van der Waals surface area contributed by atoms with Crippen LogP contribution in [-0.4, -0.2) is 0 Å². The van der Waals surface area contributed by atoms with E-state index in [2.05, 4.69) is 78.9 Å². The van der Waals surface area contributed by atoms with E-state index in [4.69, 9.17) is 0 Å². The molecule has 2 aliphatic carbocycles. The second-order valence-electron chi connectivity index (χ2n) is 7.32. The third kappa shape index (κ3) is 2.62. The van der Waals surface area contributed by atoms with Crippen LogP contribution in [0.5, 0.6) is 0 Å². The van der Waals surface area contributed by atoms with Gasteiger partial charge in [0.25, 0.3) is 0 Å². The van der Waals surface area contributed by atoms with E-state index in [1.165, 1.54) is 51.1 Å². The van der Waals surface area contributed by atoms with Gasteiger partial charge in [0.2, 0.25) is 0 Å². The number of rotatable bonds is 2. The Balaban J connectivity index is 1.61. The second kappa shape index (κ2) is 6.04. The van der Waals surface area contributed by atoms with Gasteiger partial charge in [0, 0.05) is 0 Å². The first kappa shape index (κ1) is 14.7. The summed E-state index contributed by atoms with van der Waals surface area (Å²) in [6.45, 7) is 0. The summed E-state index contributed by atoms with van der Waals surface area (Å²) >= 11 is 0. The third-order valence-electron chi connectivity index (χ3n) is 5.74. The number of fused-ring (bicyclic) bond motifs is 5. The van der Waals surface area contributed by atoms with Crippen molar-refractivity contribution in [3.63, 3.8) is 0 Å². The van der Waals surface area contributed by atoms with Crippen molar-refractivity contribution in [1.29, 1.82) is 0 Å². The van der Waals surface area contributed by atoms with Crippen molar-refractivity contribution >= 4 is 12.2 Å². The van der Waals surface area contributed by atoms with E-state index in [0.29, 0.717) is 5.92 Å². The number of hydrogen-bond donors (Lipinski definition) is 0. The van der Waals surface area contributed by atoms with Crippen LogP contribution in [-0.2, 0) is 19.3 Å². The van der Waals surface area contributed by atoms with Crippen LogP contribution in [0, 0.1) is 5.92 Å². The molecular formula is C25H22. The molecule has 122 valence electrons. The molecule has 25 heavy (non-hydrogen) atoms. The molecule has 0 N–H and O–H groups in total. The lowest BCUT2D eigenvalue weighted by Gasteiger charge is -2.22. The minimum atomic E-state index is 0.645. The van der Waals surface area contributed by atoms with Crippen molar-refractivity contribution in [1.82, 2.24) is 0 Å². The Kier molecular flexibility index (Phi) is 3.56. The summed E-state index contributed by atoms with van der Waals surface area (Å²) in [4.78, 5) is 0. The van der Waals surface area contributed by atoms with Gasteiger partial charge >= 0.3 is 0 Å². The summed E-state index contributed by atoms with van der Waals surface area (Å²) in [5.41, 5.74) is 7.26. The molecule has 0 amide bonds. The molecule has 0 bridgehead atoms. The third-order valence-corrected chi connectivity index (χ3v) is 5.74. The van der Waals surface area contributed by atoms with Crippen molar-refractivity contribution < 1.29 is 0 Å². The highest BCUT2D eigenvalue weighted by Gasteiger charge is 2.17. The monoisotopic (exact) mass is 322 g/mol. The smallest absolute Gasteiger partial charge is 0.00819 e. The van der Waals surface area contributed by atoms with Gasteiger partial charge in [-0.1, -0.05) is 78.9 Å². The summed E-state index contributed by atoms with van der Waals surface area (Å²) in [5, 5.41) is 2.97. The fourth-order valence-corrected chi connectivity index (χ4v) is 4.46. The summed E-state index contributed by atoms with van der Waals surface area (Å²) in [6, 6.07) is 24.5. The van der Waals surface area contributed by atoms with Gasteiger partial charge in [-0.05, 0) is 69.9 Å². The highest BCUT2D eigenvalue weighted by Crippen LogP contribution is 2.26. The molecule has 3 aromatic rings. The quantitative estimate of drug-likeness (QED) is 0.661. The molecule has 3 aromatic carbocycles. The Morgan fingerprint density at radius 1 is 0.720 bits per heavy atom. The van der Waals surface area contributed by atoms with Crippen molar-refractivity contribution in [3.8, 4) is 11.1 Å². The molecule has 0 spiro atoms. The Hall–Kier alpha value is -2.60. The zero-order valence-corrected chi connectivity index (χ0v) is 14.4. The van der Waals surface area contributed by atoms with Gasteiger partial charge < -0.3 is 0 Å². The highest BCUT2D eigenvalue weighted by atomic mass is 14.2. The van der Waals surface area contributed by atoms with Crippen LogP contribution in [0.25, 0.3) is 23.3 Å². The fourth-order valence-electron chi connectivity index (χ4n) is 4.46. The van der Waals surface area contributed by atoms with E-state index < -0.39 is 0 Å². The molecule has 0 fully saturated rings. The minimum Gasteiger partial charge on any atom is -0.0729 e. The molecule has 0 aliphatic heterocycles.